The summed E-state index contributed by atoms with van der Waals surface area (Å²) in [6, 6.07) is 16.8. The van der Waals surface area contributed by atoms with Crippen molar-refractivity contribution in [1.29, 1.82) is 0 Å². The summed E-state index contributed by atoms with van der Waals surface area (Å²) in [6.45, 7) is 4.19. The standard InChI is InChI=1S/C27H32N4O3/c1-3-4-16-29(2)25(32)21-14-17-30(18-15-21)27(34)24-22-12-8-9-13-23(22)26(33)31(28-24)19-20-10-6-5-7-11-20/h5-13,21H,3-4,14-19H2,1-2H3. The number of hydrogen-bond acceptors (Lipinski definition) is 4. The van der Waals surface area contributed by atoms with E-state index in [-0.39, 0.29) is 29.0 Å². The lowest BCUT2D eigenvalue weighted by Gasteiger charge is -2.33. The topological polar surface area (TPSA) is 75.5 Å². The maximum absolute atomic E-state index is 13.5. The Hall–Kier alpha value is -3.48. The molecule has 3 aromatic rings. The lowest BCUT2D eigenvalue weighted by Crippen LogP contribution is -2.44. The second kappa shape index (κ2) is 10.6. The maximum Gasteiger partial charge on any atom is 0.274 e. The van der Waals surface area contributed by atoms with Gasteiger partial charge >= 0.3 is 0 Å². The molecule has 0 spiro atoms. The van der Waals surface area contributed by atoms with Gasteiger partial charge in [-0.25, -0.2) is 4.68 Å². The lowest BCUT2D eigenvalue weighted by atomic mass is 9.95. The second-order valence-electron chi connectivity index (χ2n) is 9.02. The summed E-state index contributed by atoms with van der Waals surface area (Å²) in [6.07, 6.45) is 3.33. The van der Waals surface area contributed by atoms with Crippen molar-refractivity contribution >= 4 is 22.6 Å². The molecule has 2 aromatic carbocycles. The van der Waals surface area contributed by atoms with E-state index in [2.05, 4.69) is 12.0 Å². The van der Waals surface area contributed by atoms with Crippen LogP contribution in [0.5, 0.6) is 0 Å². The molecular formula is C27H32N4O3. The monoisotopic (exact) mass is 460 g/mol. The van der Waals surface area contributed by atoms with Crippen LogP contribution >= 0.6 is 0 Å². The number of nitrogens with zero attached hydrogens (tertiary/aromatic N) is 4. The van der Waals surface area contributed by atoms with Crippen LogP contribution in [0.2, 0.25) is 0 Å². The molecule has 0 N–H and O–H groups in total. The van der Waals surface area contributed by atoms with Crippen molar-refractivity contribution in [3.8, 4) is 0 Å². The molecule has 178 valence electrons. The molecule has 1 aliphatic rings. The normalized spacial score (nSPS) is 14.4. The first kappa shape index (κ1) is 23.7. The predicted molar refractivity (Wildman–Crippen MR) is 133 cm³/mol. The van der Waals surface area contributed by atoms with Crippen molar-refractivity contribution in [2.45, 2.75) is 39.2 Å². The first-order chi connectivity index (χ1) is 16.5. The van der Waals surface area contributed by atoms with Gasteiger partial charge in [-0.2, -0.15) is 5.10 Å². The first-order valence-electron chi connectivity index (χ1n) is 12.1. The Morgan fingerprint density at radius 1 is 1.00 bits per heavy atom. The van der Waals surface area contributed by atoms with Gasteiger partial charge in [0.1, 0.15) is 0 Å². The number of rotatable bonds is 7. The average Bonchev–Trinajstić information content (AvgIpc) is 2.89. The number of carbonyl (C=O) groups is 2. The number of likely N-dealkylation sites (tertiary alicyclic amines) is 1. The Bertz CT molecular complexity index is 1210. The van der Waals surface area contributed by atoms with Crippen LogP contribution in [0.25, 0.3) is 10.8 Å². The fourth-order valence-electron chi connectivity index (χ4n) is 4.55. The Kier molecular flexibility index (Phi) is 7.40. The van der Waals surface area contributed by atoms with E-state index in [1.807, 2.05) is 48.3 Å². The molecule has 1 fully saturated rings. The second-order valence-corrected chi connectivity index (χ2v) is 9.02. The van der Waals surface area contributed by atoms with Crippen LogP contribution in [0.4, 0.5) is 0 Å². The zero-order valence-electron chi connectivity index (χ0n) is 19.9. The Morgan fingerprint density at radius 2 is 1.65 bits per heavy atom. The smallest absolute Gasteiger partial charge is 0.274 e. The number of fused-ring (bicyclic) bond motifs is 1. The van der Waals surface area contributed by atoms with Gasteiger partial charge in [0, 0.05) is 38.0 Å². The van der Waals surface area contributed by atoms with Crippen molar-refractivity contribution in [3.63, 3.8) is 0 Å². The van der Waals surface area contributed by atoms with Gasteiger partial charge in [-0.3, -0.25) is 14.4 Å². The Labute approximate surface area is 200 Å². The van der Waals surface area contributed by atoms with Gasteiger partial charge in [0.05, 0.1) is 11.9 Å². The lowest BCUT2D eigenvalue weighted by molar-refractivity contribution is -0.135. The van der Waals surface area contributed by atoms with E-state index in [0.717, 1.165) is 24.9 Å². The third-order valence-corrected chi connectivity index (χ3v) is 6.60. The summed E-state index contributed by atoms with van der Waals surface area (Å²) in [5.74, 6) is -0.0774. The van der Waals surface area contributed by atoms with Gasteiger partial charge in [0.15, 0.2) is 5.69 Å². The quantitative estimate of drug-likeness (QED) is 0.540. The minimum atomic E-state index is -0.213. The van der Waals surface area contributed by atoms with Crippen LogP contribution in [-0.4, -0.2) is 58.1 Å². The molecule has 1 aromatic heterocycles. The van der Waals surface area contributed by atoms with Gasteiger partial charge in [-0.15, -0.1) is 0 Å². The predicted octanol–water partition coefficient (Wildman–Crippen LogP) is 3.56. The minimum absolute atomic E-state index is 0.0531. The molecule has 0 unspecified atom stereocenters. The van der Waals surface area contributed by atoms with Crippen molar-refractivity contribution in [1.82, 2.24) is 19.6 Å². The molecule has 0 bridgehead atoms. The van der Waals surface area contributed by atoms with Crippen LogP contribution in [0.1, 0.15) is 48.7 Å². The highest BCUT2D eigenvalue weighted by atomic mass is 16.2. The zero-order chi connectivity index (χ0) is 24.1. The number of aromatic nitrogens is 2. The molecule has 0 saturated carbocycles. The van der Waals surface area contributed by atoms with Crippen molar-refractivity contribution in [2.75, 3.05) is 26.7 Å². The average molecular weight is 461 g/mol. The molecule has 1 saturated heterocycles. The van der Waals surface area contributed by atoms with Gasteiger partial charge in [0.2, 0.25) is 5.91 Å². The summed E-state index contributed by atoms with van der Waals surface area (Å²) >= 11 is 0. The molecule has 0 aliphatic carbocycles. The zero-order valence-corrected chi connectivity index (χ0v) is 19.9. The minimum Gasteiger partial charge on any atom is -0.346 e. The van der Waals surface area contributed by atoms with Crippen LogP contribution in [0, 0.1) is 5.92 Å². The van der Waals surface area contributed by atoms with E-state index in [4.69, 9.17) is 0 Å². The summed E-state index contributed by atoms with van der Waals surface area (Å²) in [5, 5.41) is 5.58. The fraction of sp³-hybridized carbons (Fsp3) is 0.407. The van der Waals surface area contributed by atoms with E-state index < -0.39 is 0 Å². The molecule has 1 aliphatic heterocycles. The molecule has 7 nitrogen and oxygen atoms in total. The van der Waals surface area contributed by atoms with Gasteiger partial charge in [-0.1, -0.05) is 61.9 Å². The molecule has 7 heteroatoms. The Morgan fingerprint density at radius 3 is 2.32 bits per heavy atom. The number of amides is 2. The molecule has 0 radical (unpaired) electrons. The number of unbranched alkanes of at least 4 members (excludes halogenated alkanes) is 1. The maximum atomic E-state index is 13.5. The third-order valence-electron chi connectivity index (χ3n) is 6.60. The van der Waals surface area contributed by atoms with Crippen LogP contribution in [-0.2, 0) is 11.3 Å². The SMILES string of the molecule is CCCCN(C)C(=O)C1CCN(C(=O)c2nn(Cc3ccccc3)c(=O)c3ccccc23)CC1. The van der Waals surface area contributed by atoms with Crippen LogP contribution in [0.3, 0.4) is 0 Å². The van der Waals surface area contributed by atoms with E-state index in [1.54, 1.807) is 23.1 Å². The largest absolute Gasteiger partial charge is 0.346 e. The highest BCUT2D eigenvalue weighted by Gasteiger charge is 2.31. The van der Waals surface area contributed by atoms with Gasteiger partial charge in [0.25, 0.3) is 11.5 Å². The number of carbonyl (C=O) groups excluding carboxylic acids is 2. The highest BCUT2D eigenvalue weighted by molar-refractivity contribution is 6.04. The summed E-state index contributed by atoms with van der Waals surface area (Å²) in [5.41, 5.74) is 1.02. The van der Waals surface area contributed by atoms with Crippen molar-refractivity contribution < 1.29 is 9.59 Å². The summed E-state index contributed by atoms with van der Waals surface area (Å²) in [7, 11) is 1.86. The van der Waals surface area contributed by atoms with Gasteiger partial charge < -0.3 is 9.80 Å². The number of benzene rings is 2. The van der Waals surface area contributed by atoms with Crippen LogP contribution < -0.4 is 5.56 Å². The van der Waals surface area contributed by atoms with Crippen molar-refractivity contribution in [3.05, 3.63) is 76.2 Å². The molecule has 0 atom stereocenters. The first-order valence-corrected chi connectivity index (χ1v) is 12.1. The van der Waals surface area contributed by atoms with E-state index in [1.165, 1.54) is 4.68 Å². The van der Waals surface area contributed by atoms with E-state index in [9.17, 15) is 14.4 Å². The van der Waals surface area contributed by atoms with E-state index in [0.29, 0.717) is 43.2 Å². The molecular weight excluding hydrogens is 428 g/mol. The highest BCUT2D eigenvalue weighted by Crippen LogP contribution is 2.23. The summed E-state index contributed by atoms with van der Waals surface area (Å²) in [4.78, 5) is 42.9. The molecule has 2 heterocycles. The van der Waals surface area contributed by atoms with Crippen molar-refractivity contribution in [2.24, 2.45) is 5.92 Å². The third kappa shape index (κ3) is 5.03. The Balaban J connectivity index is 1.55. The summed E-state index contributed by atoms with van der Waals surface area (Å²) < 4.78 is 1.38. The van der Waals surface area contributed by atoms with E-state index >= 15 is 0 Å². The van der Waals surface area contributed by atoms with Gasteiger partial charge in [-0.05, 0) is 30.9 Å². The fourth-order valence-corrected chi connectivity index (χ4v) is 4.55. The number of piperidine rings is 1. The molecule has 2 amide bonds. The van der Waals surface area contributed by atoms with Crippen LogP contribution in [0.15, 0.2) is 59.4 Å². The molecule has 34 heavy (non-hydrogen) atoms. The molecule has 4 rings (SSSR count). The number of hydrogen-bond donors (Lipinski definition) is 0.